The topological polar surface area (TPSA) is 84.2 Å². The third-order valence-electron chi connectivity index (χ3n) is 4.81. The van der Waals surface area contributed by atoms with Crippen LogP contribution < -0.4 is 5.32 Å². The van der Waals surface area contributed by atoms with Gasteiger partial charge in [0.15, 0.2) is 0 Å². The second kappa shape index (κ2) is 6.63. The van der Waals surface area contributed by atoms with E-state index in [9.17, 15) is 9.59 Å². The second-order valence-electron chi connectivity index (χ2n) is 6.68. The number of amides is 1. The Morgan fingerprint density at radius 3 is 2.54 bits per heavy atom. The third kappa shape index (κ3) is 3.31. The van der Waals surface area contributed by atoms with Gasteiger partial charge < -0.3 is 15.0 Å². The van der Waals surface area contributed by atoms with Crippen molar-refractivity contribution in [3.63, 3.8) is 0 Å². The number of benzene rings is 2. The van der Waals surface area contributed by atoms with Gasteiger partial charge in [0.05, 0.1) is 29.2 Å². The van der Waals surface area contributed by atoms with Crippen LogP contribution in [0, 0.1) is 11.8 Å². The maximum Gasteiger partial charge on any atom is 0.307 e. The molecule has 1 heterocycles. The summed E-state index contributed by atoms with van der Waals surface area (Å²) in [7, 11) is 0. The van der Waals surface area contributed by atoms with Crippen molar-refractivity contribution >= 4 is 22.9 Å². The second-order valence-corrected chi connectivity index (χ2v) is 6.68. The molecule has 1 saturated carbocycles. The van der Waals surface area contributed by atoms with Crippen molar-refractivity contribution in [2.45, 2.75) is 19.5 Å². The Kier molecular flexibility index (Phi) is 4.16. The minimum atomic E-state index is -0.887. The van der Waals surface area contributed by atoms with Crippen LogP contribution in [0.3, 0.4) is 0 Å². The minimum absolute atomic E-state index is 0.175. The highest BCUT2D eigenvalue weighted by Gasteiger charge is 2.48. The highest BCUT2D eigenvalue weighted by molar-refractivity contribution is 5.89. The van der Waals surface area contributed by atoms with Gasteiger partial charge in [-0.15, -0.1) is 0 Å². The molecule has 1 aliphatic carbocycles. The molecule has 0 radical (unpaired) electrons. The zero-order valence-electron chi connectivity index (χ0n) is 14.1. The van der Waals surface area contributed by atoms with E-state index in [1.165, 1.54) is 0 Å². The van der Waals surface area contributed by atoms with Crippen LogP contribution in [0.15, 0.2) is 54.9 Å². The monoisotopic (exact) mass is 349 g/mol. The van der Waals surface area contributed by atoms with Crippen LogP contribution in [0.5, 0.6) is 0 Å². The number of carboxylic acid groups (broad SMARTS) is 1. The van der Waals surface area contributed by atoms with E-state index in [-0.39, 0.29) is 11.8 Å². The molecule has 0 saturated heterocycles. The number of fused-ring (bicyclic) bond motifs is 1. The van der Waals surface area contributed by atoms with E-state index in [2.05, 4.69) is 20.9 Å². The lowest BCUT2D eigenvalue weighted by molar-refractivity contribution is -0.140. The van der Waals surface area contributed by atoms with Gasteiger partial charge in [0, 0.05) is 13.1 Å². The van der Waals surface area contributed by atoms with Crippen LogP contribution in [-0.4, -0.2) is 26.5 Å². The number of hydrogen-bond acceptors (Lipinski definition) is 3. The zero-order valence-corrected chi connectivity index (χ0v) is 14.1. The Balaban J connectivity index is 1.35. The minimum Gasteiger partial charge on any atom is -0.481 e. The average Bonchev–Trinajstić information content (AvgIpc) is 3.37. The number of aromatic nitrogens is 2. The van der Waals surface area contributed by atoms with Gasteiger partial charge in [0.1, 0.15) is 0 Å². The standard InChI is InChI=1S/C20H19N3O3/c24-19(15-9-16(15)20(25)26)21-10-13-5-7-14(8-6-13)11-23-12-22-17-3-1-2-4-18(17)23/h1-8,12,15-16H,9-11H2,(H,21,24)(H,25,26)/t15-,16+/m0/s1. The molecule has 1 amide bonds. The molecule has 4 rings (SSSR count). The molecule has 0 aliphatic heterocycles. The fourth-order valence-corrected chi connectivity index (χ4v) is 3.17. The van der Waals surface area contributed by atoms with E-state index >= 15 is 0 Å². The molecule has 2 atom stereocenters. The first-order valence-electron chi connectivity index (χ1n) is 8.60. The van der Waals surface area contributed by atoms with Crippen molar-refractivity contribution in [3.05, 3.63) is 66.0 Å². The van der Waals surface area contributed by atoms with Crippen LogP contribution in [0.25, 0.3) is 11.0 Å². The average molecular weight is 349 g/mol. The summed E-state index contributed by atoms with van der Waals surface area (Å²) in [5.74, 6) is -1.95. The van der Waals surface area contributed by atoms with Gasteiger partial charge in [0.25, 0.3) is 0 Å². The van der Waals surface area contributed by atoms with Crippen molar-refractivity contribution in [3.8, 4) is 0 Å². The van der Waals surface area contributed by atoms with Gasteiger partial charge in [-0.05, 0) is 29.7 Å². The number of carbonyl (C=O) groups is 2. The van der Waals surface area contributed by atoms with E-state index in [1.807, 2.05) is 48.8 Å². The number of carbonyl (C=O) groups excluding carboxylic acids is 1. The summed E-state index contributed by atoms with van der Waals surface area (Å²) in [4.78, 5) is 27.1. The van der Waals surface area contributed by atoms with E-state index in [1.54, 1.807) is 0 Å². The summed E-state index contributed by atoms with van der Waals surface area (Å²) in [6, 6.07) is 16.1. The number of hydrogen-bond donors (Lipinski definition) is 2. The maximum absolute atomic E-state index is 11.9. The molecule has 2 N–H and O–H groups in total. The maximum atomic E-state index is 11.9. The number of imidazole rings is 1. The van der Waals surface area contributed by atoms with Crippen LogP contribution in [0.4, 0.5) is 0 Å². The summed E-state index contributed by atoms with van der Waals surface area (Å²) in [6.07, 6.45) is 2.28. The lowest BCUT2D eigenvalue weighted by atomic mass is 10.1. The van der Waals surface area contributed by atoms with Crippen molar-refractivity contribution < 1.29 is 14.7 Å². The first kappa shape index (κ1) is 16.3. The summed E-state index contributed by atoms with van der Waals surface area (Å²) in [6.45, 7) is 1.14. The molecule has 3 aromatic rings. The lowest BCUT2D eigenvalue weighted by Gasteiger charge is -2.08. The van der Waals surface area contributed by atoms with Crippen LogP contribution in [0.1, 0.15) is 17.5 Å². The normalized spacial score (nSPS) is 18.6. The first-order valence-corrected chi connectivity index (χ1v) is 8.60. The number of nitrogens with zero attached hydrogens (tertiary/aromatic N) is 2. The van der Waals surface area contributed by atoms with Gasteiger partial charge in [-0.25, -0.2) is 4.98 Å². The van der Waals surface area contributed by atoms with Gasteiger partial charge in [-0.2, -0.15) is 0 Å². The summed E-state index contributed by atoms with van der Waals surface area (Å²) in [5.41, 5.74) is 4.22. The first-order chi connectivity index (χ1) is 12.6. The molecular formula is C20H19N3O3. The van der Waals surface area contributed by atoms with Crippen molar-refractivity contribution in [1.82, 2.24) is 14.9 Å². The largest absolute Gasteiger partial charge is 0.481 e. The molecule has 1 fully saturated rings. The number of para-hydroxylation sites is 2. The molecule has 0 spiro atoms. The number of nitrogens with one attached hydrogen (secondary N) is 1. The Bertz CT molecular complexity index is 962. The van der Waals surface area contributed by atoms with Gasteiger partial charge in [0.2, 0.25) is 5.91 Å². The van der Waals surface area contributed by atoms with Crippen molar-refractivity contribution in [1.29, 1.82) is 0 Å². The Morgan fingerprint density at radius 1 is 1.08 bits per heavy atom. The number of aliphatic carboxylic acids is 1. The predicted octanol–water partition coefficient (Wildman–Crippen LogP) is 2.42. The van der Waals surface area contributed by atoms with E-state index in [0.717, 1.165) is 28.7 Å². The van der Waals surface area contributed by atoms with E-state index in [4.69, 9.17) is 5.11 Å². The highest BCUT2D eigenvalue weighted by Crippen LogP contribution is 2.38. The molecule has 6 nitrogen and oxygen atoms in total. The van der Waals surface area contributed by atoms with Crippen LogP contribution in [-0.2, 0) is 22.7 Å². The quantitative estimate of drug-likeness (QED) is 0.716. The third-order valence-corrected chi connectivity index (χ3v) is 4.81. The van der Waals surface area contributed by atoms with Crippen molar-refractivity contribution in [2.75, 3.05) is 0 Å². The van der Waals surface area contributed by atoms with Gasteiger partial charge in [-0.1, -0.05) is 36.4 Å². The van der Waals surface area contributed by atoms with E-state index < -0.39 is 11.9 Å². The van der Waals surface area contributed by atoms with Gasteiger partial charge >= 0.3 is 5.97 Å². The molecule has 1 aliphatic rings. The smallest absolute Gasteiger partial charge is 0.307 e. The molecule has 6 heteroatoms. The van der Waals surface area contributed by atoms with Crippen LogP contribution in [0.2, 0.25) is 0 Å². The molecule has 0 unspecified atom stereocenters. The molecule has 2 aromatic carbocycles. The summed E-state index contributed by atoms with van der Waals surface area (Å²) < 4.78 is 2.10. The van der Waals surface area contributed by atoms with E-state index in [0.29, 0.717) is 13.0 Å². The van der Waals surface area contributed by atoms with Crippen molar-refractivity contribution in [2.24, 2.45) is 11.8 Å². The fourth-order valence-electron chi connectivity index (χ4n) is 3.17. The molecular weight excluding hydrogens is 330 g/mol. The fraction of sp³-hybridized carbons (Fsp3) is 0.250. The van der Waals surface area contributed by atoms with Crippen LogP contribution >= 0.6 is 0 Å². The number of rotatable bonds is 6. The Labute approximate surface area is 150 Å². The molecule has 0 bridgehead atoms. The molecule has 1 aromatic heterocycles. The highest BCUT2D eigenvalue weighted by atomic mass is 16.4. The Morgan fingerprint density at radius 2 is 1.81 bits per heavy atom. The molecule has 26 heavy (non-hydrogen) atoms. The molecule has 132 valence electrons. The predicted molar refractivity (Wildman–Crippen MR) is 96.4 cm³/mol. The zero-order chi connectivity index (χ0) is 18.1. The van der Waals surface area contributed by atoms with Gasteiger partial charge in [-0.3, -0.25) is 9.59 Å². The lowest BCUT2D eigenvalue weighted by Crippen LogP contribution is -2.25. The summed E-state index contributed by atoms with van der Waals surface area (Å²) >= 11 is 0. The number of carboxylic acids is 1. The summed E-state index contributed by atoms with van der Waals surface area (Å²) in [5, 5.41) is 11.7. The Hall–Kier alpha value is -3.15. The SMILES string of the molecule is O=C(NCc1ccc(Cn2cnc3ccccc32)cc1)[C@H]1C[C@H]1C(=O)O.